The zero-order chi connectivity index (χ0) is 23.4. The van der Waals surface area contributed by atoms with E-state index in [0.717, 1.165) is 41.2 Å². The van der Waals surface area contributed by atoms with E-state index in [4.69, 9.17) is 28.9 Å². The molecule has 170 valence electrons. The van der Waals surface area contributed by atoms with Gasteiger partial charge in [-0.05, 0) is 42.9 Å². The van der Waals surface area contributed by atoms with Crippen molar-refractivity contribution >= 4 is 29.7 Å². The fraction of sp³-hybridized carbons (Fsp3) is 0.250. The third kappa shape index (κ3) is 5.23. The number of aryl methyl sites for hydroxylation is 1. The quantitative estimate of drug-likeness (QED) is 0.358. The van der Waals surface area contributed by atoms with E-state index in [2.05, 4.69) is 17.1 Å². The molecule has 4 rings (SSSR count). The van der Waals surface area contributed by atoms with Crippen molar-refractivity contribution in [2.75, 3.05) is 7.05 Å². The van der Waals surface area contributed by atoms with E-state index in [-0.39, 0.29) is 12.5 Å². The number of aromatic amines is 1. The minimum atomic E-state index is -0.0561. The minimum Gasteiger partial charge on any atom is -0.340 e. The van der Waals surface area contributed by atoms with Crippen LogP contribution in [0.4, 0.5) is 0 Å². The Morgan fingerprint density at radius 1 is 1.15 bits per heavy atom. The molecule has 0 radical (unpaired) electrons. The minimum absolute atomic E-state index is 0.0561. The highest BCUT2D eigenvalue weighted by Crippen LogP contribution is 2.26. The molecule has 0 saturated carbocycles. The number of hydrogen-bond donors (Lipinski definition) is 1. The fourth-order valence-corrected chi connectivity index (χ4v) is 3.96. The number of likely N-dealkylation sites (N-methyl/N-ethyl adjacent to an activating group) is 1. The van der Waals surface area contributed by atoms with Crippen LogP contribution < -0.4 is 0 Å². The molecule has 0 atom stereocenters. The Morgan fingerprint density at radius 2 is 1.88 bits per heavy atom. The van der Waals surface area contributed by atoms with Crippen LogP contribution in [-0.4, -0.2) is 42.4 Å². The molecule has 0 spiro atoms. The Hall–Kier alpha value is -3.23. The van der Waals surface area contributed by atoms with Gasteiger partial charge in [0.25, 0.3) is 0 Å². The summed E-state index contributed by atoms with van der Waals surface area (Å²) in [5, 5.41) is 12.5. The first-order chi connectivity index (χ1) is 16.0. The summed E-state index contributed by atoms with van der Waals surface area (Å²) in [5.41, 5.74) is 3.62. The molecule has 1 N–H and O–H groups in total. The lowest BCUT2D eigenvalue weighted by molar-refractivity contribution is -0.131. The van der Waals surface area contributed by atoms with Crippen LogP contribution in [0.5, 0.6) is 0 Å². The lowest BCUT2D eigenvalue weighted by atomic mass is 10.1. The van der Waals surface area contributed by atoms with Gasteiger partial charge in [-0.15, -0.1) is 0 Å². The van der Waals surface area contributed by atoms with E-state index in [1.54, 1.807) is 16.5 Å². The van der Waals surface area contributed by atoms with Crippen LogP contribution in [0.3, 0.4) is 0 Å². The van der Waals surface area contributed by atoms with Gasteiger partial charge in [-0.1, -0.05) is 48.9 Å². The molecule has 4 aromatic rings. The van der Waals surface area contributed by atoms with Crippen LogP contribution in [-0.2, 0) is 24.3 Å². The van der Waals surface area contributed by atoms with Crippen LogP contribution in [0.25, 0.3) is 16.9 Å². The molecule has 2 aromatic heterocycles. The molecule has 7 nitrogen and oxygen atoms in total. The number of para-hydroxylation sites is 1. The molecule has 0 unspecified atom stereocenters. The average Bonchev–Trinajstić information content (AvgIpc) is 3.39. The Balaban J connectivity index is 1.61. The summed E-state index contributed by atoms with van der Waals surface area (Å²) < 4.78 is 4.06. The van der Waals surface area contributed by atoms with Gasteiger partial charge in [0.05, 0.1) is 11.4 Å². The topological polar surface area (TPSA) is 71.7 Å². The van der Waals surface area contributed by atoms with Crippen molar-refractivity contribution in [1.29, 1.82) is 0 Å². The highest BCUT2D eigenvalue weighted by atomic mass is 35.5. The maximum absolute atomic E-state index is 13.1. The molecule has 0 saturated heterocycles. The summed E-state index contributed by atoms with van der Waals surface area (Å²) in [6.45, 7) is 2.61. The fourth-order valence-electron chi connectivity index (χ4n) is 3.62. The standard InChI is InChI=1S/C24H25ClN6OS/c1-3-7-21-26-27-24(33)30(21)16-22(32)29(2)14-18-15-31(20-8-5-4-6-9-20)28-23(18)17-10-12-19(25)13-11-17/h4-6,8-13,15H,3,7,14,16H2,1-2H3,(H,27,33). The van der Waals surface area contributed by atoms with Crippen molar-refractivity contribution in [3.05, 3.63) is 82.0 Å². The smallest absolute Gasteiger partial charge is 0.242 e. The second-order valence-electron chi connectivity index (χ2n) is 7.82. The monoisotopic (exact) mass is 480 g/mol. The molecule has 0 aliphatic carbocycles. The SMILES string of the molecule is CCCc1n[nH]c(=S)n1CC(=O)N(C)Cc1cn(-c2ccccc2)nc1-c1ccc(Cl)cc1. The zero-order valence-corrected chi connectivity index (χ0v) is 20.1. The molecule has 2 aromatic carbocycles. The van der Waals surface area contributed by atoms with Crippen molar-refractivity contribution in [2.45, 2.75) is 32.9 Å². The van der Waals surface area contributed by atoms with Gasteiger partial charge < -0.3 is 4.90 Å². The summed E-state index contributed by atoms with van der Waals surface area (Å²) in [6, 6.07) is 17.4. The van der Waals surface area contributed by atoms with Crippen LogP contribution in [0, 0.1) is 4.77 Å². The molecule has 0 aliphatic heterocycles. The number of hydrogen-bond acceptors (Lipinski definition) is 4. The number of benzene rings is 2. The summed E-state index contributed by atoms with van der Waals surface area (Å²) in [4.78, 5) is 14.8. The average molecular weight is 481 g/mol. The molecular weight excluding hydrogens is 456 g/mol. The predicted octanol–water partition coefficient (Wildman–Crippen LogP) is 5.06. The molecule has 33 heavy (non-hydrogen) atoms. The number of aromatic nitrogens is 5. The highest BCUT2D eigenvalue weighted by Gasteiger charge is 2.18. The summed E-state index contributed by atoms with van der Waals surface area (Å²) in [5.74, 6) is 0.738. The van der Waals surface area contributed by atoms with E-state index in [1.807, 2.05) is 65.5 Å². The maximum Gasteiger partial charge on any atom is 0.242 e. The van der Waals surface area contributed by atoms with Gasteiger partial charge in [0.1, 0.15) is 12.4 Å². The van der Waals surface area contributed by atoms with Gasteiger partial charge in [-0.25, -0.2) is 4.68 Å². The third-order valence-electron chi connectivity index (χ3n) is 5.37. The van der Waals surface area contributed by atoms with Gasteiger partial charge in [-0.3, -0.25) is 14.5 Å². The Labute approximate surface area is 202 Å². The van der Waals surface area contributed by atoms with E-state index in [1.165, 1.54) is 0 Å². The van der Waals surface area contributed by atoms with E-state index >= 15 is 0 Å². The van der Waals surface area contributed by atoms with Crippen molar-refractivity contribution < 1.29 is 4.79 Å². The summed E-state index contributed by atoms with van der Waals surface area (Å²) in [6.07, 6.45) is 3.65. The number of rotatable bonds is 8. The van der Waals surface area contributed by atoms with Gasteiger partial charge in [0, 0.05) is 42.4 Å². The zero-order valence-electron chi connectivity index (χ0n) is 18.5. The van der Waals surface area contributed by atoms with Gasteiger partial charge in [-0.2, -0.15) is 10.2 Å². The van der Waals surface area contributed by atoms with Crippen LogP contribution in [0.2, 0.25) is 5.02 Å². The lowest BCUT2D eigenvalue weighted by Gasteiger charge is -2.18. The van der Waals surface area contributed by atoms with Crippen molar-refractivity contribution in [3.63, 3.8) is 0 Å². The van der Waals surface area contributed by atoms with E-state index in [9.17, 15) is 4.79 Å². The first-order valence-corrected chi connectivity index (χ1v) is 11.5. The number of carbonyl (C=O) groups excluding carboxylic acids is 1. The Bertz CT molecular complexity index is 1290. The third-order valence-corrected chi connectivity index (χ3v) is 5.93. The molecule has 0 fully saturated rings. The predicted molar refractivity (Wildman–Crippen MR) is 132 cm³/mol. The molecule has 9 heteroatoms. The van der Waals surface area contributed by atoms with Crippen molar-refractivity contribution in [3.8, 4) is 16.9 Å². The highest BCUT2D eigenvalue weighted by molar-refractivity contribution is 7.71. The second kappa shape index (κ2) is 10.1. The Kier molecular flexibility index (Phi) is 7.05. The molecule has 0 bridgehead atoms. The molecule has 0 aliphatic rings. The van der Waals surface area contributed by atoms with E-state index in [0.29, 0.717) is 16.3 Å². The van der Waals surface area contributed by atoms with Crippen molar-refractivity contribution in [2.24, 2.45) is 0 Å². The largest absolute Gasteiger partial charge is 0.340 e. The van der Waals surface area contributed by atoms with Crippen LogP contribution in [0.15, 0.2) is 60.8 Å². The maximum atomic E-state index is 13.1. The summed E-state index contributed by atoms with van der Waals surface area (Å²) >= 11 is 11.4. The Morgan fingerprint density at radius 3 is 2.58 bits per heavy atom. The molecule has 2 heterocycles. The summed E-state index contributed by atoms with van der Waals surface area (Å²) in [7, 11) is 1.79. The van der Waals surface area contributed by atoms with Crippen molar-refractivity contribution in [1.82, 2.24) is 29.4 Å². The molecule has 1 amide bonds. The van der Waals surface area contributed by atoms with E-state index < -0.39 is 0 Å². The first kappa shape index (κ1) is 22.9. The molecular formula is C24H25ClN6OS. The second-order valence-corrected chi connectivity index (χ2v) is 8.64. The normalized spacial score (nSPS) is 11.0. The first-order valence-electron chi connectivity index (χ1n) is 10.7. The number of H-pyrrole nitrogens is 1. The van der Waals surface area contributed by atoms with Crippen LogP contribution >= 0.6 is 23.8 Å². The number of amides is 1. The lowest BCUT2D eigenvalue weighted by Crippen LogP contribution is -2.30. The van der Waals surface area contributed by atoms with Crippen LogP contribution in [0.1, 0.15) is 24.7 Å². The van der Waals surface area contributed by atoms with Gasteiger partial charge in [0.2, 0.25) is 5.91 Å². The number of carbonyl (C=O) groups is 1. The van der Waals surface area contributed by atoms with Gasteiger partial charge >= 0.3 is 0 Å². The number of nitrogens with zero attached hydrogens (tertiary/aromatic N) is 5. The van der Waals surface area contributed by atoms with Gasteiger partial charge in [0.15, 0.2) is 4.77 Å². The number of nitrogens with one attached hydrogen (secondary N) is 1. The number of halogens is 1.